The Labute approximate surface area is 131 Å². The molecule has 1 atom stereocenters. The van der Waals surface area contributed by atoms with Gasteiger partial charge in [-0.1, -0.05) is 0 Å². The zero-order valence-corrected chi connectivity index (χ0v) is 13.3. The highest BCUT2D eigenvalue weighted by atomic mass is 35.5. The van der Waals surface area contributed by atoms with Gasteiger partial charge in [-0.25, -0.2) is 4.79 Å². The number of urea groups is 1. The van der Waals surface area contributed by atoms with Crippen molar-refractivity contribution in [3.63, 3.8) is 0 Å². The number of nitrogens with zero attached hydrogens (tertiary/aromatic N) is 3. The SMILES string of the molecule is CC1CNCCN1C(=O)CCCN1C(=O)CN(C)C1=O.Cl. The molecule has 0 bridgehead atoms. The number of halogens is 1. The van der Waals surface area contributed by atoms with E-state index in [0.29, 0.717) is 19.4 Å². The van der Waals surface area contributed by atoms with Crippen molar-refractivity contribution in [2.45, 2.75) is 25.8 Å². The maximum atomic E-state index is 12.1. The van der Waals surface area contributed by atoms with Crippen LogP contribution in [0.15, 0.2) is 0 Å². The molecule has 0 radical (unpaired) electrons. The lowest BCUT2D eigenvalue weighted by Gasteiger charge is -2.34. The maximum Gasteiger partial charge on any atom is 0.326 e. The lowest BCUT2D eigenvalue weighted by atomic mass is 10.2. The Morgan fingerprint density at radius 2 is 2.10 bits per heavy atom. The van der Waals surface area contributed by atoms with Crippen molar-refractivity contribution >= 4 is 30.3 Å². The summed E-state index contributed by atoms with van der Waals surface area (Å²) in [5.74, 6) is -0.0769. The molecule has 1 N–H and O–H groups in total. The number of nitrogens with one attached hydrogen (secondary N) is 1. The van der Waals surface area contributed by atoms with Gasteiger partial charge in [0.05, 0.1) is 0 Å². The second-order valence-electron chi connectivity index (χ2n) is 5.43. The van der Waals surface area contributed by atoms with Crippen molar-refractivity contribution in [1.82, 2.24) is 20.0 Å². The summed E-state index contributed by atoms with van der Waals surface area (Å²) in [4.78, 5) is 39.9. The number of piperazine rings is 1. The minimum absolute atomic E-state index is 0. The molecule has 0 aromatic rings. The fourth-order valence-electron chi connectivity index (χ4n) is 2.63. The molecule has 0 aliphatic carbocycles. The van der Waals surface area contributed by atoms with Crippen LogP contribution in [0, 0.1) is 0 Å². The van der Waals surface area contributed by atoms with Crippen LogP contribution in [0.1, 0.15) is 19.8 Å². The molecule has 0 aromatic carbocycles. The highest BCUT2D eigenvalue weighted by Crippen LogP contribution is 2.11. The van der Waals surface area contributed by atoms with Crippen molar-refractivity contribution in [3.05, 3.63) is 0 Å². The number of imide groups is 1. The summed E-state index contributed by atoms with van der Waals surface area (Å²) in [6, 6.07) is -0.0598. The van der Waals surface area contributed by atoms with E-state index >= 15 is 0 Å². The van der Waals surface area contributed by atoms with E-state index in [1.54, 1.807) is 7.05 Å². The van der Waals surface area contributed by atoms with Crippen LogP contribution in [-0.2, 0) is 9.59 Å². The summed E-state index contributed by atoms with van der Waals surface area (Å²) < 4.78 is 0. The first-order valence-corrected chi connectivity index (χ1v) is 7.06. The summed E-state index contributed by atoms with van der Waals surface area (Å²) in [6.07, 6.45) is 0.909. The molecule has 2 saturated heterocycles. The molecule has 21 heavy (non-hydrogen) atoms. The predicted molar refractivity (Wildman–Crippen MR) is 80.3 cm³/mol. The summed E-state index contributed by atoms with van der Waals surface area (Å²) >= 11 is 0. The largest absolute Gasteiger partial charge is 0.337 e. The Bertz CT molecular complexity index is 418. The second kappa shape index (κ2) is 7.61. The van der Waals surface area contributed by atoms with Crippen LogP contribution in [0.3, 0.4) is 0 Å². The van der Waals surface area contributed by atoms with E-state index in [0.717, 1.165) is 19.6 Å². The molecule has 7 nitrogen and oxygen atoms in total. The molecule has 2 fully saturated rings. The summed E-state index contributed by atoms with van der Waals surface area (Å²) in [5.41, 5.74) is 0. The molecule has 8 heteroatoms. The normalized spacial score (nSPS) is 22.6. The molecule has 1 unspecified atom stereocenters. The third kappa shape index (κ3) is 4.07. The number of rotatable bonds is 4. The first kappa shape index (κ1) is 17.7. The zero-order chi connectivity index (χ0) is 14.7. The van der Waals surface area contributed by atoms with Gasteiger partial charge in [-0.05, 0) is 13.3 Å². The Kier molecular flexibility index (Phi) is 6.42. The lowest BCUT2D eigenvalue weighted by Crippen LogP contribution is -2.52. The van der Waals surface area contributed by atoms with Gasteiger partial charge < -0.3 is 15.1 Å². The number of hydrogen-bond donors (Lipinski definition) is 1. The highest BCUT2D eigenvalue weighted by molar-refractivity contribution is 6.01. The maximum absolute atomic E-state index is 12.1. The fraction of sp³-hybridized carbons (Fsp3) is 0.769. The Morgan fingerprint density at radius 1 is 1.38 bits per heavy atom. The summed E-state index contributed by atoms with van der Waals surface area (Å²) in [6.45, 7) is 4.86. The van der Waals surface area contributed by atoms with E-state index in [9.17, 15) is 14.4 Å². The van der Waals surface area contributed by atoms with Crippen LogP contribution in [0.5, 0.6) is 0 Å². The molecule has 2 heterocycles. The minimum atomic E-state index is -0.266. The molecular formula is C13H23ClN4O3. The van der Waals surface area contributed by atoms with E-state index in [1.165, 1.54) is 9.80 Å². The number of carbonyl (C=O) groups is 3. The Balaban J connectivity index is 0.00000220. The van der Waals surface area contributed by atoms with Crippen molar-refractivity contribution in [2.75, 3.05) is 39.8 Å². The minimum Gasteiger partial charge on any atom is -0.337 e. The van der Waals surface area contributed by atoms with E-state index in [4.69, 9.17) is 0 Å². The Morgan fingerprint density at radius 3 is 2.67 bits per heavy atom. The molecule has 0 aromatic heterocycles. The van der Waals surface area contributed by atoms with Crippen LogP contribution in [0.25, 0.3) is 0 Å². The molecule has 4 amide bonds. The average Bonchev–Trinajstić information content (AvgIpc) is 2.65. The standard InChI is InChI=1S/C13H22N4O3.ClH/c1-10-8-14-5-7-16(10)11(18)4-3-6-17-12(19)9-15(2)13(17)20;/h10,14H,3-9H2,1-2H3;1H. The summed E-state index contributed by atoms with van der Waals surface area (Å²) in [7, 11) is 1.60. The quantitative estimate of drug-likeness (QED) is 0.735. The van der Waals surface area contributed by atoms with Crippen LogP contribution >= 0.6 is 12.4 Å². The van der Waals surface area contributed by atoms with Crippen molar-refractivity contribution in [3.8, 4) is 0 Å². The monoisotopic (exact) mass is 318 g/mol. The third-order valence-electron chi connectivity index (χ3n) is 3.82. The van der Waals surface area contributed by atoms with Crippen molar-refractivity contribution < 1.29 is 14.4 Å². The predicted octanol–water partition coefficient (Wildman–Crippen LogP) is -0.0973. The molecule has 2 aliphatic rings. The van der Waals surface area contributed by atoms with Gasteiger partial charge in [0.2, 0.25) is 11.8 Å². The second-order valence-corrected chi connectivity index (χ2v) is 5.43. The lowest BCUT2D eigenvalue weighted by molar-refractivity contribution is -0.134. The van der Waals surface area contributed by atoms with Gasteiger partial charge >= 0.3 is 6.03 Å². The third-order valence-corrected chi connectivity index (χ3v) is 3.82. The molecular weight excluding hydrogens is 296 g/mol. The smallest absolute Gasteiger partial charge is 0.326 e. The molecule has 120 valence electrons. The molecule has 2 rings (SSSR count). The van der Waals surface area contributed by atoms with E-state index in [2.05, 4.69) is 5.32 Å². The average molecular weight is 319 g/mol. The van der Waals surface area contributed by atoms with Crippen molar-refractivity contribution in [2.24, 2.45) is 0 Å². The Hall–Kier alpha value is -1.34. The number of amides is 4. The molecule has 0 spiro atoms. The topological polar surface area (TPSA) is 73.0 Å². The number of carbonyl (C=O) groups excluding carboxylic acids is 3. The van der Waals surface area contributed by atoms with Gasteiger partial charge in [-0.2, -0.15) is 0 Å². The van der Waals surface area contributed by atoms with Gasteiger partial charge in [0, 0.05) is 45.7 Å². The zero-order valence-electron chi connectivity index (χ0n) is 12.5. The summed E-state index contributed by atoms with van der Waals surface area (Å²) in [5, 5.41) is 3.24. The van der Waals surface area contributed by atoms with Gasteiger partial charge in [0.25, 0.3) is 0 Å². The number of likely N-dealkylation sites (N-methyl/N-ethyl adjacent to an activating group) is 1. The van der Waals surface area contributed by atoms with Crippen LogP contribution in [-0.4, -0.2) is 78.4 Å². The molecule has 0 saturated carbocycles. The number of hydrogen-bond acceptors (Lipinski definition) is 4. The highest BCUT2D eigenvalue weighted by Gasteiger charge is 2.33. The van der Waals surface area contributed by atoms with E-state index < -0.39 is 0 Å². The first-order valence-electron chi connectivity index (χ1n) is 7.06. The van der Waals surface area contributed by atoms with Crippen LogP contribution < -0.4 is 5.32 Å². The van der Waals surface area contributed by atoms with E-state index in [1.807, 2.05) is 11.8 Å². The van der Waals surface area contributed by atoms with Gasteiger partial charge in [0.1, 0.15) is 6.54 Å². The van der Waals surface area contributed by atoms with Crippen LogP contribution in [0.2, 0.25) is 0 Å². The van der Waals surface area contributed by atoms with Crippen molar-refractivity contribution in [1.29, 1.82) is 0 Å². The van der Waals surface area contributed by atoms with Gasteiger partial charge in [0.15, 0.2) is 0 Å². The first-order chi connectivity index (χ1) is 9.50. The van der Waals surface area contributed by atoms with Gasteiger partial charge in [-0.15, -0.1) is 12.4 Å². The van der Waals surface area contributed by atoms with Gasteiger partial charge in [-0.3, -0.25) is 14.5 Å². The fourth-order valence-corrected chi connectivity index (χ4v) is 2.63. The van der Waals surface area contributed by atoms with E-state index in [-0.39, 0.29) is 42.8 Å². The van der Waals surface area contributed by atoms with Crippen LogP contribution in [0.4, 0.5) is 4.79 Å². The molecule has 2 aliphatic heterocycles.